The highest BCUT2D eigenvalue weighted by Crippen LogP contribution is 2.16. The van der Waals surface area contributed by atoms with E-state index in [1.807, 2.05) is 72.9 Å². The maximum atomic E-state index is 12.8. The van der Waals surface area contributed by atoms with E-state index in [1.54, 1.807) is 0 Å². The lowest BCUT2D eigenvalue weighted by Crippen LogP contribution is -2.30. The van der Waals surface area contributed by atoms with E-state index in [9.17, 15) is 14.4 Å². The maximum Gasteiger partial charge on any atom is 0.306 e. The van der Waals surface area contributed by atoms with Crippen molar-refractivity contribution in [2.24, 2.45) is 0 Å². The lowest BCUT2D eigenvalue weighted by Gasteiger charge is -2.18. The Kier molecular flexibility index (Phi) is 51.4. The summed E-state index contributed by atoms with van der Waals surface area (Å²) in [6.07, 6.45) is 70.0. The van der Waals surface area contributed by atoms with Crippen LogP contribution in [0.4, 0.5) is 0 Å². The van der Waals surface area contributed by atoms with Crippen molar-refractivity contribution in [2.75, 3.05) is 13.2 Å². The molecule has 0 aromatic rings. The molecular weight excluding hydrogens is 817 g/mol. The maximum absolute atomic E-state index is 12.8. The Balaban J connectivity index is 4.40. The molecular formula is C60H102O6. The van der Waals surface area contributed by atoms with Crippen LogP contribution >= 0.6 is 0 Å². The summed E-state index contributed by atoms with van der Waals surface area (Å²) >= 11 is 0. The first-order valence-corrected chi connectivity index (χ1v) is 27.7. The quantitative estimate of drug-likeness (QED) is 0.0262. The Morgan fingerprint density at radius 3 is 0.924 bits per heavy atom. The van der Waals surface area contributed by atoms with Gasteiger partial charge in [0.1, 0.15) is 13.2 Å². The van der Waals surface area contributed by atoms with Gasteiger partial charge in [-0.15, -0.1) is 0 Å². The molecule has 0 spiro atoms. The molecule has 0 rings (SSSR count). The summed E-state index contributed by atoms with van der Waals surface area (Å²) in [5.74, 6) is -0.930. The fourth-order valence-corrected chi connectivity index (χ4v) is 7.72. The fourth-order valence-electron chi connectivity index (χ4n) is 7.72. The van der Waals surface area contributed by atoms with Gasteiger partial charge in [0.05, 0.1) is 0 Å². The predicted molar refractivity (Wildman–Crippen MR) is 284 cm³/mol. The van der Waals surface area contributed by atoms with Gasteiger partial charge in [0.2, 0.25) is 0 Å². The number of hydrogen-bond donors (Lipinski definition) is 0. The largest absolute Gasteiger partial charge is 0.462 e. The predicted octanol–water partition coefficient (Wildman–Crippen LogP) is 18.4. The number of unbranched alkanes of at least 4 members (excludes halogenated alkanes) is 30. The molecule has 0 radical (unpaired) electrons. The van der Waals surface area contributed by atoms with Crippen molar-refractivity contribution < 1.29 is 28.6 Å². The van der Waals surface area contributed by atoms with Crippen LogP contribution in [0.5, 0.6) is 0 Å². The number of allylic oxidation sites excluding steroid dienone is 14. The monoisotopic (exact) mass is 919 g/mol. The fraction of sp³-hybridized carbons (Fsp3) is 0.717. The summed E-state index contributed by atoms with van der Waals surface area (Å²) < 4.78 is 16.8. The molecule has 6 nitrogen and oxygen atoms in total. The molecule has 0 saturated carbocycles. The zero-order chi connectivity index (χ0) is 47.9. The van der Waals surface area contributed by atoms with Gasteiger partial charge in [0.15, 0.2) is 6.10 Å². The van der Waals surface area contributed by atoms with Crippen LogP contribution in [0.25, 0.3) is 0 Å². The number of rotatable bonds is 49. The summed E-state index contributed by atoms with van der Waals surface area (Å²) in [5, 5.41) is 0. The summed E-state index contributed by atoms with van der Waals surface area (Å²) in [6, 6.07) is 0. The molecule has 1 atom stereocenters. The van der Waals surface area contributed by atoms with Crippen molar-refractivity contribution in [1.82, 2.24) is 0 Å². The molecule has 1 unspecified atom stereocenters. The summed E-state index contributed by atoms with van der Waals surface area (Å²) in [6.45, 7) is 6.46. The SMILES string of the molecule is CC\C=C/C=C\C=C/C=C\C=C\C=C/C=C\CCCCCC(=O)OCC(COC(=O)CCCCCCCCCCCC)OC(=O)CCCCCCCCCCCCCCCCCCCCC. The third kappa shape index (κ3) is 51.6. The van der Waals surface area contributed by atoms with Crippen LogP contribution in [-0.2, 0) is 28.6 Å². The van der Waals surface area contributed by atoms with Crippen molar-refractivity contribution >= 4 is 17.9 Å². The van der Waals surface area contributed by atoms with E-state index >= 15 is 0 Å². The van der Waals surface area contributed by atoms with Crippen LogP contribution in [0.3, 0.4) is 0 Å². The average molecular weight is 919 g/mol. The van der Waals surface area contributed by atoms with Crippen molar-refractivity contribution in [3.8, 4) is 0 Å². The molecule has 6 heteroatoms. The molecule has 0 saturated heterocycles. The van der Waals surface area contributed by atoms with Crippen LogP contribution in [0.2, 0.25) is 0 Å². The number of carbonyl (C=O) groups excluding carboxylic acids is 3. The van der Waals surface area contributed by atoms with Crippen molar-refractivity contribution in [3.63, 3.8) is 0 Å². The van der Waals surface area contributed by atoms with E-state index in [-0.39, 0.29) is 31.1 Å². The standard InChI is InChI=1S/C60H102O6/c1-4-7-10-13-16-19-22-24-26-28-30-32-34-36-38-41-44-47-50-53-59(62)65-56-57(55-64-58(61)52-49-46-43-40-21-18-15-12-9-6-3)66-60(63)54-51-48-45-42-39-37-35-33-31-29-27-25-23-20-17-14-11-8-5-2/h7,10,13,16,19,22,24,26,28,30,32,34,36,38,57H,4-6,8-9,11-12,14-15,17-18,20-21,23,25,27,29,31,33,35,37,39-56H2,1-3H3/b10-7-,16-13-,22-19-,26-24-,30-28+,34-32-,38-36-. The Morgan fingerprint density at radius 1 is 0.318 bits per heavy atom. The van der Waals surface area contributed by atoms with Crippen LogP contribution < -0.4 is 0 Å². The molecule has 0 amide bonds. The Bertz CT molecular complexity index is 1290. The van der Waals surface area contributed by atoms with Crippen molar-refractivity contribution in [1.29, 1.82) is 0 Å². The molecule has 0 aliphatic rings. The minimum absolute atomic E-state index is 0.0886. The Hall–Kier alpha value is -3.41. The molecule has 0 aromatic carbocycles. The van der Waals surface area contributed by atoms with Gasteiger partial charge in [0.25, 0.3) is 0 Å². The first-order chi connectivity index (χ1) is 32.5. The van der Waals surface area contributed by atoms with Gasteiger partial charge in [-0.3, -0.25) is 14.4 Å². The molecule has 0 heterocycles. The van der Waals surface area contributed by atoms with Crippen molar-refractivity contribution in [2.45, 2.75) is 264 Å². The smallest absolute Gasteiger partial charge is 0.306 e. The zero-order valence-electron chi connectivity index (χ0n) is 43.2. The normalized spacial score (nSPS) is 12.7. The first-order valence-electron chi connectivity index (χ1n) is 27.7. The van der Waals surface area contributed by atoms with E-state index in [4.69, 9.17) is 14.2 Å². The Morgan fingerprint density at radius 2 is 0.591 bits per heavy atom. The molecule has 0 aromatic heterocycles. The molecule has 0 aliphatic carbocycles. The van der Waals surface area contributed by atoms with Gasteiger partial charge in [-0.1, -0.05) is 286 Å². The van der Waals surface area contributed by atoms with E-state index in [2.05, 4.69) is 32.9 Å². The van der Waals surface area contributed by atoms with Crippen molar-refractivity contribution in [3.05, 3.63) is 85.1 Å². The number of carbonyl (C=O) groups is 3. The summed E-state index contributed by atoms with van der Waals surface area (Å²) in [4.78, 5) is 38.0. The molecule has 0 bridgehead atoms. The number of esters is 3. The highest BCUT2D eigenvalue weighted by molar-refractivity contribution is 5.71. The molecule has 66 heavy (non-hydrogen) atoms. The second-order valence-electron chi connectivity index (χ2n) is 18.3. The van der Waals surface area contributed by atoms with E-state index in [0.29, 0.717) is 19.3 Å². The average Bonchev–Trinajstić information content (AvgIpc) is 3.31. The topological polar surface area (TPSA) is 78.9 Å². The number of ether oxygens (including phenoxy) is 3. The molecule has 378 valence electrons. The van der Waals surface area contributed by atoms with Gasteiger partial charge < -0.3 is 14.2 Å². The number of hydrogen-bond acceptors (Lipinski definition) is 6. The van der Waals surface area contributed by atoms with Crippen LogP contribution in [0.15, 0.2) is 85.1 Å². The van der Waals surface area contributed by atoms with E-state index in [0.717, 1.165) is 70.6 Å². The van der Waals surface area contributed by atoms with E-state index < -0.39 is 6.10 Å². The first kappa shape index (κ1) is 62.6. The van der Waals surface area contributed by atoms with Gasteiger partial charge in [0, 0.05) is 19.3 Å². The van der Waals surface area contributed by atoms with Crippen LogP contribution in [0.1, 0.15) is 258 Å². The molecule has 0 fully saturated rings. The highest BCUT2D eigenvalue weighted by atomic mass is 16.6. The highest BCUT2D eigenvalue weighted by Gasteiger charge is 2.19. The second kappa shape index (κ2) is 54.2. The minimum Gasteiger partial charge on any atom is -0.462 e. The second-order valence-corrected chi connectivity index (χ2v) is 18.3. The van der Waals surface area contributed by atoms with Gasteiger partial charge in [-0.2, -0.15) is 0 Å². The summed E-state index contributed by atoms with van der Waals surface area (Å²) in [5.41, 5.74) is 0. The lowest BCUT2D eigenvalue weighted by atomic mass is 10.0. The minimum atomic E-state index is -0.792. The molecule has 0 N–H and O–H groups in total. The third-order valence-corrected chi connectivity index (χ3v) is 11.9. The van der Waals surface area contributed by atoms with Gasteiger partial charge in [-0.05, 0) is 38.5 Å². The Labute approximate surface area is 407 Å². The third-order valence-electron chi connectivity index (χ3n) is 11.9. The van der Waals surface area contributed by atoms with Crippen LogP contribution in [-0.4, -0.2) is 37.2 Å². The van der Waals surface area contributed by atoms with Gasteiger partial charge >= 0.3 is 17.9 Å². The lowest BCUT2D eigenvalue weighted by molar-refractivity contribution is -0.167. The zero-order valence-corrected chi connectivity index (χ0v) is 43.2. The molecule has 0 aliphatic heterocycles. The van der Waals surface area contributed by atoms with Crippen LogP contribution in [0, 0.1) is 0 Å². The van der Waals surface area contributed by atoms with E-state index in [1.165, 1.54) is 148 Å². The van der Waals surface area contributed by atoms with Gasteiger partial charge in [-0.25, -0.2) is 0 Å². The summed E-state index contributed by atoms with van der Waals surface area (Å²) in [7, 11) is 0.